The second kappa shape index (κ2) is 11.8. The van der Waals surface area contributed by atoms with Gasteiger partial charge in [-0.1, -0.05) is 39.7 Å². The molecule has 2 amide bonds. The number of rotatable bonds is 5. The second-order valence-corrected chi connectivity index (χ2v) is 20.5. The van der Waals surface area contributed by atoms with Crippen LogP contribution in [0.25, 0.3) is 0 Å². The van der Waals surface area contributed by atoms with Crippen LogP contribution in [0, 0.1) is 5.92 Å². The normalized spacial score (nSPS) is 25.4. The first-order valence-electron chi connectivity index (χ1n) is 16.3. The fraction of sp³-hybridized carbons (Fsp3) is 0.788. The molecule has 3 aliphatic heterocycles. The van der Waals surface area contributed by atoms with E-state index in [-0.39, 0.29) is 29.3 Å². The average Bonchev–Trinajstić information content (AvgIpc) is 3.38. The number of carbonyl (C=O) groups is 2. The van der Waals surface area contributed by atoms with Gasteiger partial charge in [-0.05, 0) is 82.1 Å². The molecule has 0 spiro atoms. The van der Waals surface area contributed by atoms with E-state index in [0.29, 0.717) is 37.9 Å². The molecule has 2 saturated heterocycles. The predicted molar refractivity (Wildman–Crippen MR) is 169 cm³/mol. The molecule has 1 saturated carbocycles. The van der Waals surface area contributed by atoms with E-state index in [0.717, 1.165) is 37.3 Å². The number of anilines is 1. The van der Waals surface area contributed by atoms with E-state index < -0.39 is 13.9 Å². The number of aromatic nitrogens is 1. The molecule has 9 heteroatoms. The predicted octanol–water partition coefficient (Wildman–Crippen LogP) is 6.53. The van der Waals surface area contributed by atoms with Crippen LogP contribution in [-0.2, 0) is 26.9 Å². The fourth-order valence-corrected chi connectivity index (χ4v) is 8.41. The molecule has 3 fully saturated rings. The summed E-state index contributed by atoms with van der Waals surface area (Å²) < 4.78 is 12.7. The highest BCUT2D eigenvalue weighted by Gasteiger charge is 2.47. The van der Waals surface area contributed by atoms with Crippen LogP contribution in [0.4, 0.5) is 10.6 Å². The molecule has 5 rings (SSSR count). The molecule has 2 unspecified atom stereocenters. The smallest absolute Gasteiger partial charge is 0.410 e. The number of pyridine rings is 1. The molecule has 42 heavy (non-hydrogen) atoms. The lowest BCUT2D eigenvalue weighted by Crippen LogP contribution is -2.66. The molecular formula is C33H54N4O4Si. The van der Waals surface area contributed by atoms with Crippen LogP contribution in [0.2, 0.25) is 18.1 Å². The van der Waals surface area contributed by atoms with Gasteiger partial charge in [0.05, 0.1) is 12.1 Å². The molecule has 0 radical (unpaired) electrons. The summed E-state index contributed by atoms with van der Waals surface area (Å²) in [5.74, 6) is 1.86. The highest BCUT2D eigenvalue weighted by molar-refractivity contribution is 6.74. The Morgan fingerprint density at radius 1 is 0.976 bits per heavy atom. The number of carbonyl (C=O) groups excluding carboxylic acids is 2. The summed E-state index contributed by atoms with van der Waals surface area (Å²) in [7, 11) is -1.93. The molecule has 4 aliphatic rings. The fourth-order valence-electron chi connectivity index (χ4n) is 7.03. The van der Waals surface area contributed by atoms with Gasteiger partial charge in [-0.25, -0.2) is 9.78 Å². The number of nitrogens with zero attached hydrogens (tertiary/aromatic N) is 4. The quantitative estimate of drug-likeness (QED) is 0.359. The topological polar surface area (TPSA) is 75.2 Å². The Kier molecular flexibility index (Phi) is 8.76. The summed E-state index contributed by atoms with van der Waals surface area (Å²) in [5.41, 5.74) is 1.75. The van der Waals surface area contributed by atoms with Crippen LogP contribution in [0.3, 0.4) is 0 Å². The summed E-state index contributed by atoms with van der Waals surface area (Å²) in [6.45, 7) is 19.9. The lowest BCUT2D eigenvalue weighted by molar-refractivity contribution is -0.133. The number of amides is 2. The van der Waals surface area contributed by atoms with E-state index in [1.807, 2.05) is 30.6 Å². The van der Waals surface area contributed by atoms with Gasteiger partial charge in [0.15, 0.2) is 8.32 Å². The van der Waals surface area contributed by atoms with Crippen molar-refractivity contribution in [2.45, 2.75) is 141 Å². The van der Waals surface area contributed by atoms with Crippen molar-refractivity contribution in [1.82, 2.24) is 14.8 Å². The molecule has 2 atom stereocenters. The summed E-state index contributed by atoms with van der Waals surface area (Å²) in [5, 5.41) is 0.147. The summed E-state index contributed by atoms with van der Waals surface area (Å²) in [4.78, 5) is 37.8. The Balaban J connectivity index is 1.32. The highest BCUT2D eigenvalue weighted by Crippen LogP contribution is 2.41. The molecule has 1 aliphatic carbocycles. The van der Waals surface area contributed by atoms with E-state index in [1.54, 1.807) is 0 Å². The van der Waals surface area contributed by atoms with Crippen molar-refractivity contribution in [3.63, 3.8) is 0 Å². The standard InChI is InChI=1S/C33H54N4O4Si/c1-32(2,3)40-31(39)36-21-25-18-27(41-42(7,8)33(4,5)6)19-26(22-36)37(25)29-14-13-24-20-35(16-15-28(24)34-29)30(38)17-23-11-9-10-12-23/h13-14,23,25-27H,9-12,15-22H2,1-8H3. The molecule has 234 valence electrons. The number of piperazine rings is 1. The Hall–Kier alpha value is -2.13. The van der Waals surface area contributed by atoms with E-state index in [1.165, 1.54) is 31.2 Å². The van der Waals surface area contributed by atoms with Crippen LogP contribution in [0.1, 0.15) is 97.7 Å². The van der Waals surface area contributed by atoms with Gasteiger partial charge < -0.3 is 23.9 Å². The van der Waals surface area contributed by atoms with Gasteiger partial charge in [-0.3, -0.25) is 4.79 Å². The third kappa shape index (κ3) is 6.98. The van der Waals surface area contributed by atoms with Crippen molar-refractivity contribution >= 4 is 26.1 Å². The molecule has 8 nitrogen and oxygen atoms in total. The zero-order valence-corrected chi connectivity index (χ0v) is 28.4. The molecule has 1 aromatic rings. The van der Waals surface area contributed by atoms with E-state index in [9.17, 15) is 9.59 Å². The molecule has 0 aromatic carbocycles. The van der Waals surface area contributed by atoms with Crippen molar-refractivity contribution in [2.24, 2.45) is 5.92 Å². The zero-order chi connectivity index (χ0) is 30.4. The minimum Gasteiger partial charge on any atom is -0.444 e. The SMILES string of the molecule is CC(C)(C)OC(=O)N1CC2CC(O[Si](C)(C)C(C)(C)C)CC(C1)N2c1ccc2c(n1)CCN(C(=O)CC1CCCC1)C2. The van der Waals surface area contributed by atoms with Crippen molar-refractivity contribution in [2.75, 3.05) is 24.5 Å². The minimum absolute atomic E-state index is 0.110. The maximum absolute atomic E-state index is 13.1. The van der Waals surface area contributed by atoms with Gasteiger partial charge in [-0.15, -0.1) is 0 Å². The number of fused-ring (bicyclic) bond motifs is 3. The van der Waals surface area contributed by atoms with Crippen LogP contribution in [0.5, 0.6) is 0 Å². The average molecular weight is 599 g/mol. The lowest BCUT2D eigenvalue weighted by Gasteiger charge is -2.54. The monoisotopic (exact) mass is 598 g/mol. The van der Waals surface area contributed by atoms with Gasteiger partial charge in [0.1, 0.15) is 11.4 Å². The number of ether oxygens (including phenoxy) is 1. The van der Waals surface area contributed by atoms with Crippen molar-refractivity contribution < 1.29 is 18.8 Å². The zero-order valence-electron chi connectivity index (χ0n) is 27.4. The Labute approximate surface area is 254 Å². The van der Waals surface area contributed by atoms with Gasteiger partial charge >= 0.3 is 6.09 Å². The first kappa shape index (κ1) is 31.3. The number of likely N-dealkylation sites (tertiary alicyclic amines) is 1. The number of piperidine rings is 1. The lowest BCUT2D eigenvalue weighted by atomic mass is 9.89. The van der Waals surface area contributed by atoms with E-state index in [4.69, 9.17) is 14.1 Å². The van der Waals surface area contributed by atoms with Gasteiger partial charge in [-0.2, -0.15) is 0 Å². The second-order valence-electron chi connectivity index (χ2n) is 15.8. The van der Waals surface area contributed by atoms with Gasteiger partial charge in [0, 0.05) is 50.8 Å². The molecule has 4 heterocycles. The van der Waals surface area contributed by atoms with Crippen molar-refractivity contribution in [1.29, 1.82) is 0 Å². The first-order chi connectivity index (χ1) is 19.6. The highest BCUT2D eigenvalue weighted by atomic mass is 28.4. The third-order valence-corrected chi connectivity index (χ3v) is 14.8. The summed E-state index contributed by atoms with van der Waals surface area (Å²) in [6, 6.07) is 4.55. The molecule has 1 aromatic heterocycles. The van der Waals surface area contributed by atoms with Crippen LogP contribution < -0.4 is 4.90 Å². The summed E-state index contributed by atoms with van der Waals surface area (Å²) >= 11 is 0. The van der Waals surface area contributed by atoms with Crippen molar-refractivity contribution in [3.05, 3.63) is 23.4 Å². The number of hydrogen-bond donors (Lipinski definition) is 0. The van der Waals surface area contributed by atoms with E-state index in [2.05, 4.69) is 50.9 Å². The van der Waals surface area contributed by atoms with Crippen LogP contribution >= 0.6 is 0 Å². The maximum Gasteiger partial charge on any atom is 0.410 e. The largest absolute Gasteiger partial charge is 0.444 e. The number of hydrogen-bond acceptors (Lipinski definition) is 6. The first-order valence-corrected chi connectivity index (χ1v) is 19.2. The van der Waals surface area contributed by atoms with Gasteiger partial charge in [0.2, 0.25) is 5.91 Å². The Bertz CT molecular complexity index is 1140. The summed E-state index contributed by atoms with van der Waals surface area (Å²) in [6.07, 6.45) is 8.11. The van der Waals surface area contributed by atoms with Crippen LogP contribution in [-0.4, -0.2) is 78.5 Å². The molecule has 2 bridgehead atoms. The molecular weight excluding hydrogens is 544 g/mol. The van der Waals surface area contributed by atoms with Crippen LogP contribution in [0.15, 0.2) is 12.1 Å². The Morgan fingerprint density at radius 2 is 1.62 bits per heavy atom. The minimum atomic E-state index is -1.93. The van der Waals surface area contributed by atoms with E-state index >= 15 is 0 Å². The van der Waals surface area contributed by atoms with Crippen molar-refractivity contribution in [3.8, 4) is 0 Å². The van der Waals surface area contributed by atoms with Gasteiger partial charge in [0.25, 0.3) is 0 Å². The maximum atomic E-state index is 13.1. The Morgan fingerprint density at radius 3 is 2.21 bits per heavy atom. The molecule has 0 N–H and O–H groups in total. The third-order valence-electron chi connectivity index (χ3n) is 10.2.